The highest BCUT2D eigenvalue weighted by Gasteiger charge is 2.32. The average Bonchev–Trinajstić information content (AvgIpc) is 3.08. The number of fused-ring (bicyclic) bond motifs is 2. The molecule has 5 heteroatoms. The number of benzene rings is 2. The van der Waals surface area contributed by atoms with Crippen molar-refractivity contribution in [1.29, 1.82) is 0 Å². The quantitative estimate of drug-likeness (QED) is 0.929. The lowest BCUT2D eigenvalue weighted by Gasteiger charge is -2.32. The molecule has 0 saturated carbocycles. The molecule has 4 rings (SSSR count). The van der Waals surface area contributed by atoms with E-state index in [4.69, 9.17) is 18.9 Å². The third-order valence-electron chi connectivity index (χ3n) is 4.97. The minimum atomic E-state index is 0.239. The number of hydrogen-bond donors (Lipinski definition) is 1. The molecule has 2 atom stereocenters. The molecular weight excluding hydrogens is 306 g/mol. The van der Waals surface area contributed by atoms with Gasteiger partial charge in [0.15, 0.2) is 23.0 Å². The summed E-state index contributed by atoms with van der Waals surface area (Å²) >= 11 is 0. The lowest BCUT2D eigenvalue weighted by Crippen LogP contribution is -3.10. The van der Waals surface area contributed by atoms with Gasteiger partial charge in [0.25, 0.3) is 0 Å². The van der Waals surface area contributed by atoms with Crippen LogP contribution in [0.1, 0.15) is 22.7 Å². The zero-order valence-corrected chi connectivity index (χ0v) is 14.2. The van der Waals surface area contributed by atoms with Crippen LogP contribution in [0.3, 0.4) is 0 Å². The van der Waals surface area contributed by atoms with Gasteiger partial charge in [0, 0.05) is 17.5 Å². The van der Waals surface area contributed by atoms with Gasteiger partial charge in [-0.15, -0.1) is 0 Å². The van der Waals surface area contributed by atoms with Crippen molar-refractivity contribution in [1.82, 2.24) is 0 Å². The second-order valence-electron chi connectivity index (χ2n) is 6.30. The fourth-order valence-corrected chi connectivity index (χ4v) is 3.72. The summed E-state index contributed by atoms with van der Waals surface area (Å²) < 4.78 is 22.0. The molecule has 0 bridgehead atoms. The van der Waals surface area contributed by atoms with Crippen LogP contribution >= 0.6 is 0 Å². The summed E-state index contributed by atoms with van der Waals surface area (Å²) in [5.41, 5.74) is 3.83. The van der Waals surface area contributed by atoms with E-state index in [-0.39, 0.29) is 6.04 Å². The molecule has 0 aromatic heterocycles. The summed E-state index contributed by atoms with van der Waals surface area (Å²) in [6, 6.07) is 10.7. The van der Waals surface area contributed by atoms with Crippen LogP contribution in [0.2, 0.25) is 0 Å². The van der Waals surface area contributed by atoms with E-state index in [1.54, 1.807) is 14.2 Å². The Hall–Kier alpha value is -2.40. The highest BCUT2D eigenvalue weighted by atomic mass is 16.7. The molecule has 0 saturated heterocycles. The molecule has 5 nitrogen and oxygen atoms in total. The molecule has 2 heterocycles. The average molecular weight is 328 g/mol. The second kappa shape index (κ2) is 5.91. The standard InChI is InChI=1S/C19H21NO4/c1-20-7-6-12-8-16(21-2)17(22-3)10-14(12)19(20)13-4-5-15-18(9-13)24-11-23-15/h4-5,8-10,19H,6-7,11H2,1-3H3/p+1/t19-/m1/s1. The Bertz CT molecular complexity index is 774. The summed E-state index contributed by atoms with van der Waals surface area (Å²) in [4.78, 5) is 1.45. The summed E-state index contributed by atoms with van der Waals surface area (Å²) in [6.07, 6.45) is 1.03. The molecule has 2 aliphatic rings. The van der Waals surface area contributed by atoms with Gasteiger partial charge in [-0.2, -0.15) is 0 Å². The normalized spacial score (nSPS) is 21.3. The van der Waals surface area contributed by atoms with Gasteiger partial charge in [0.2, 0.25) is 6.79 Å². The maximum absolute atomic E-state index is 5.56. The van der Waals surface area contributed by atoms with Gasteiger partial charge in [-0.05, 0) is 35.9 Å². The molecule has 126 valence electrons. The molecule has 0 radical (unpaired) electrons. The number of hydrogen-bond acceptors (Lipinski definition) is 4. The largest absolute Gasteiger partial charge is 0.493 e. The van der Waals surface area contributed by atoms with Crippen LogP contribution in [-0.4, -0.2) is 34.6 Å². The van der Waals surface area contributed by atoms with E-state index < -0.39 is 0 Å². The van der Waals surface area contributed by atoms with Gasteiger partial charge in [0.05, 0.1) is 27.8 Å². The molecule has 0 amide bonds. The number of quaternary nitrogens is 1. The number of nitrogens with one attached hydrogen (secondary N) is 1. The van der Waals surface area contributed by atoms with Crippen molar-refractivity contribution in [2.45, 2.75) is 12.5 Å². The molecule has 0 aliphatic carbocycles. The highest BCUT2D eigenvalue weighted by Crippen LogP contribution is 2.39. The lowest BCUT2D eigenvalue weighted by atomic mass is 9.88. The van der Waals surface area contributed by atoms with Crippen molar-refractivity contribution < 1.29 is 23.8 Å². The number of ether oxygens (including phenoxy) is 4. The maximum atomic E-state index is 5.56. The van der Waals surface area contributed by atoms with Gasteiger partial charge in [-0.25, -0.2) is 0 Å². The Balaban J connectivity index is 1.82. The minimum absolute atomic E-state index is 0.239. The summed E-state index contributed by atoms with van der Waals surface area (Å²) in [7, 11) is 5.59. The van der Waals surface area contributed by atoms with E-state index in [1.807, 2.05) is 6.07 Å². The molecular formula is C19H22NO4+. The predicted octanol–water partition coefficient (Wildman–Crippen LogP) is 1.59. The molecule has 2 aromatic rings. The zero-order valence-electron chi connectivity index (χ0n) is 14.2. The summed E-state index contributed by atoms with van der Waals surface area (Å²) in [6.45, 7) is 1.37. The zero-order chi connectivity index (χ0) is 16.7. The minimum Gasteiger partial charge on any atom is -0.493 e. The molecule has 1 unspecified atom stereocenters. The van der Waals surface area contributed by atoms with Gasteiger partial charge in [-0.3, -0.25) is 0 Å². The first-order valence-corrected chi connectivity index (χ1v) is 8.18. The highest BCUT2D eigenvalue weighted by molar-refractivity contribution is 5.52. The molecule has 0 spiro atoms. The summed E-state index contributed by atoms with van der Waals surface area (Å²) in [5.74, 6) is 3.21. The summed E-state index contributed by atoms with van der Waals surface area (Å²) in [5, 5.41) is 0. The lowest BCUT2D eigenvalue weighted by molar-refractivity contribution is -0.908. The van der Waals surface area contributed by atoms with Crippen LogP contribution in [0.15, 0.2) is 30.3 Å². The first-order valence-electron chi connectivity index (χ1n) is 8.18. The Morgan fingerprint density at radius 3 is 2.54 bits per heavy atom. The first-order chi connectivity index (χ1) is 11.7. The fourth-order valence-electron chi connectivity index (χ4n) is 3.72. The number of methoxy groups -OCH3 is 2. The maximum Gasteiger partial charge on any atom is 0.231 e. The monoisotopic (exact) mass is 328 g/mol. The van der Waals surface area contributed by atoms with Crippen LogP contribution in [0.4, 0.5) is 0 Å². The van der Waals surface area contributed by atoms with Gasteiger partial charge >= 0.3 is 0 Å². The molecule has 1 N–H and O–H groups in total. The molecule has 2 aliphatic heterocycles. The predicted molar refractivity (Wildman–Crippen MR) is 89.4 cm³/mol. The smallest absolute Gasteiger partial charge is 0.231 e. The molecule has 0 fully saturated rings. The van der Waals surface area contributed by atoms with Gasteiger partial charge in [0.1, 0.15) is 6.04 Å². The Labute approximate surface area is 141 Å². The SMILES string of the molecule is COc1cc2c(cc1OC)[C@@H](c1ccc3c(c1)OCO3)[NH+](C)CC2. The van der Waals surface area contributed by atoms with Crippen LogP contribution in [-0.2, 0) is 6.42 Å². The Kier molecular flexibility index (Phi) is 3.73. The van der Waals surface area contributed by atoms with Gasteiger partial charge in [-0.1, -0.05) is 0 Å². The van der Waals surface area contributed by atoms with Crippen molar-refractivity contribution in [3.63, 3.8) is 0 Å². The Morgan fingerprint density at radius 1 is 1.00 bits per heavy atom. The van der Waals surface area contributed by atoms with E-state index in [9.17, 15) is 0 Å². The van der Waals surface area contributed by atoms with E-state index in [0.717, 1.165) is 36.0 Å². The van der Waals surface area contributed by atoms with E-state index >= 15 is 0 Å². The van der Waals surface area contributed by atoms with Crippen molar-refractivity contribution in [3.8, 4) is 23.0 Å². The Morgan fingerprint density at radius 2 is 1.75 bits per heavy atom. The van der Waals surface area contributed by atoms with Gasteiger partial charge < -0.3 is 23.8 Å². The van der Waals surface area contributed by atoms with Crippen molar-refractivity contribution in [3.05, 3.63) is 47.0 Å². The van der Waals surface area contributed by atoms with Crippen molar-refractivity contribution in [2.75, 3.05) is 34.6 Å². The van der Waals surface area contributed by atoms with E-state index in [1.165, 1.54) is 21.6 Å². The molecule has 2 aromatic carbocycles. The fraction of sp³-hybridized carbons (Fsp3) is 0.368. The number of likely N-dealkylation sites (N-methyl/N-ethyl adjacent to an activating group) is 1. The number of rotatable bonds is 3. The topological polar surface area (TPSA) is 41.4 Å². The van der Waals surface area contributed by atoms with Crippen molar-refractivity contribution >= 4 is 0 Å². The van der Waals surface area contributed by atoms with Crippen LogP contribution < -0.4 is 23.8 Å². The third kappa shape index (κ3) is 2.36. The van der Waals surface area contributed by atoms with Crippen LogP contribution in [0, 0.1) is 0 Å². The van der Waals surface area contributed by atoms with Crippen molar-refractivity contribution in [2.24, 2.45) is 0 Å². The third-order valence-corrected chi connectivity index (χ3v) is 4.97. The van der Waals surface area contributed by atoms with E-state index in [0.29, 0.717) is 6.79 Å². The second-order valence-corrected chi connectivity index (χ2v) is 6.30. The van der Waals surface area contributed by atoms with Crippen LogP contribution in [0.25, 0.3) is 0 Å². The molecule has 24 heavy (non-hydrogen) atoms. The van der Waals surface area contributed by atoms with Crippen LogP contribution in [0.5, 0.6) is 23.0 Å². The first kappa shape index (κ1) is 15.1. The van der Waals surface area contributed by atoms with E-state index in [2.05, 4.69) is 31.3 Å².